The number of nitrogens with one attached hydrogen (secondary N) is 2. The number of carbonyl (C=O) groups excluding carboxylic acids is 2. The van der Waals surface area contributed by atoms with Gasteiger partial charge in [-0.15, -0.1) is 0 Å². The van der Waals surface area contributed by atoms with Crippen LogP contribution in [-0.2, 0) is 4.79 Å². The van der Waals surface area contributed by atoms with E-state index in [0.29, 0.717) is 16.1 Å². The molecular weight excluding hydrogens is 359 g/mol. The van der Waals surface area contributed by atoms with E-state index in [1.807, 2.05) is 0 Å². The van der Waals surface area contributed by atoms with Crippen LogP contribution in [0.3, 0.4) is 0 Å². The van der Waals surface area contributed by atoms with Gasteiger partial charge in [0.1, 0.15) is 0 Å². The lowest BCUT2D eigenvalue weighted by atomic mass is 10.1. The van der Waals surface area contributed by atoms with Crippen LogP contribution in [0.1, 0.15) is 35.3 Å². The standard InChI is InChI=1S/C19H20ClFN2O3/c1-12(14-5-8-17(26-2)16(21)11-14)23-18(24)9-10-22-19(25)13-3-6-15(20)7-4-13/h3-8,11-12H,9-10H2,1-2H3,(H,22,25)(H,23,24)/t12-/m0/s1. The highest BCUT2D eigenvalue weighted by molar-refractivity contribution is 6.30. The Labute approximate surface area is 156 Å². The molecule has 2 amide bonds. The first kappa shape index (κ1) is 19.7. The van der Waals surface area contributed by atoms with E-state index in [2.05, 4.69) is 10.6 Å². The number of carbonyl (C=O) groups is 2. The van der Waals surface area contributed by atoms with Crippen molar-refractivity contribution in [1.82, 2.24) is 10.6 Å². The number of ether oxygens (including phenoxy) is 1. The Kier molecular flexibility index (Phi) is 6.97. The van der Waals surface area contributed by atoms with E-state index in [1.54, 1.807) is 37.3 Å². The van der Waals surface area contributed by atoms with Crippen LogP contribution in [0.5, 0.6) is 5.75 Å². The predicted molar refractivity (Wildman–Crippen MR) is 97.9 cm³/mol. The zero-order valence-electron chi connectivity index (χ0n) is 14.5. The number of benzene rings is 2. The third kappa shape index (κ3) is 5.46. The SMILES string of the molecule is COc1ccc([C@H](C)NC(=O)CCNC(=O)c2ccc(Cl)cc2)cc1F. The van der Waals surface area contributed by atoms with E-state index >= 15 is 0 Å². The minimum absolute atomic E-state index is 0.113. The molecule has 0 aliphatic carbocycles. The molecule has 138 valence electrons. The lowest BCUT2D eigenvalue weighted by molar-refractivity contribution is -0.121. The molecule has 7 heteroatoms. The molecule has 0 saturated carbocycles. The number of amides is 2. The van der Waals surface area contributed by atoms with Crippen molar-refractivity contribution in [2.45, 2.75) is 19.4 Å². The highest BCUT2D eigenvalue weighted by Gasteiger charge is 2.13. The maximum Gasteiger partial charge on any atom is 0.251 e. The lowest BCUT2D eigenvalue weighted by Crippen LogP contribution is -2.32. The smallest absolute Gasteiger partial charge is 0.251 e. The molecule has 0 fully saturated rings. The number of methoxy groups -OCH3 is 1. The van der Waals surface area contributed by atoms with Crippen molar-refractivity contribution in [3.05, 3.63) is 64.4 Å². The first-order valence-electron chi connectivity index (χ1n) is 8.07. The molecule has 0 spiro atoms. The van der Waals surface area contributed by atoms with Crippen molar-refractivity contribution in [3.8, 4) is 5.75 Å². The topological polar surface area (TPSA) is 67.4 Å². The quantitative estimate of drug-likeness (QED) is 0.775. The first-order valence-corrected chi connectivity index (χ1v) is 8.45. The molecule has 2 rings (SSSR count). The predicted octanol–water partition coefficient (Wildman–Crippen LogP) is 3.49. The fourth-order valence-electron chi connectivity index (χ4n) is 2.34. The largest absolute Gasteiger partial charge is 0.494 e. The summed E-state index contributed by atoms with van der Waals surface area (Å²) in [6.07, 6.45) is 0.113. The molecule has 2 N–H and O–H groups in total. The summed E-state index contributed by atoms with van der Waals surface area (Å²) < 4.78 is 18.6. The van der Waals surface area contributed by atoms with Gasteiger partial charge < -0.3 is 15.4 Å². The maximum absolute atomic E-state index is 13.7. The van der Waals surface area contributed by atoms with E-state index in [9.17, 15) is 14.0 Å². The molecule has 5 nitrogen and oxygen atoms in total. The Morgan fingerprint density at radius 3 is 2.50 bits per heavy atom. The number of halogens is 2. The third-order valence-corrected chi connectivity index (χ3v) is 4.05. The van der Waals surface area contributed by atoms with Crippen molar-refractivity contribution >= 4 is 23.4 Å². The highest BCUT2D eigenvalue weighted by Crippen LogP contribution is 2.21. The number of hydrogen-bond acceptors (Lipinski definition) is 3. The Hall–Kier alpha value is -2.60. The molecule has 0 bridgehead atoms. The van der Waals surface area contributed by atoms with Gasteiger partial charge in [-0.25, -0.2) is 4.39 Å². The van der Waals surface area contributed by atoms with Gasteiger partial charge in [-0.05, 0) is 48.9 Å². The summed E-state index contributed by atoms with van der Waals surface area (Å²) in [7, 11) is 1.39. The molecule has 0 aromatic heterocycles. The molecule has 0 saturated heterocycles. The van der Waals surface area contributed by atoms with Crippen LogP contribution in [-0.4, -0.2) is 25.5 Å². The lowest BCUT2D eigenvalue weighted by Gasteiger charge is -2.15. The van der Waals surface area contributed by atoms with Crippen molar-refractivity contribution in [2.75, 3.05) is 13.7 Å². The average molecular weight is 379 g/mol. The van der Waals surface area contributed by atoms with Crippen LogP contribution in [0, 0.1) is 5.82 Å². The van der Waals surface area contributed by atoms with E-state index in [0.717, 1.165) is 0 Å². The van der Waals surface area contributed by atoms with E-state index in [4.69, 9.17) is 16.3 Å². The Morgan fingerprint density at radius 1 is 1.19 bits per heavy atom. The summed E-state index contributed by atoms with van der Waals surface area (Å²) in [6.45, 7) is 1.95. The molecule has 2 aromatic carbocycles. The Bertz CT molecular complexity index is 781. The molecule has 0 heterocycles. The molecule has 0 aliphatic heterocycles. The Balaban J connectivity index is 1.80. The fraction of sp³-hybridized carbons (Fsp3) is 0.263. The average Bonchev–Trinajstić information content (AvgIpc) is 2.62. The second-order valence-corrected chi connectivity index (χ2v) is 6.13. The summed E-state index contributed by atoms with van der Waals surface area (Å²) in [5.41, 5.74) is 1.10. The second-order valence-electron chi connectivity index (χ2n) is 5.70. The molecule has 1 atom stereocenters. The van der Waals surface area contributed by atoms with Gasteiger partial charge in [-0.1, -0.05) is 17.7 Å². The molecule has 26 heavy (non-hydrogen) atoms. The number of hydrogen-bond donors (Lipinski definition) is 2. The second kappa shape index (κ2) is 9.20. The maximum atomic E-state index is 13.7. The van der Waals surface area contributed by atoms with Crippen LogP contribution in [0.25, 0.3) is 0 Å². The summed E-state index contributed by atoms with van der Waals surface area (Å²) in [4.78, 5) is 23.9. The van der Waals surface area contributed by atoms with Gasteiger partial charge in [-0.3, -0.25) is 9.59 Å². The normalized spacial score (nSPS) is 11.5. The van der Waals surface area contributed by atoms with Crippen molar-refractivity contribution in [1.29, 1.82) is 0 Å². The van der Waals surface area contributed by atoms with E-state index < -0.39 is 5.82 Å². The van der Waals surface area contributed by atoms with E-state index in [-0.39, 0.29) is 36.6 Å². The summed E-state index contributed by atoms with van der Waals surface area (Å²) in [5, 5.41) is 5.98. The number of rotatable bonds is 7. The van der Waals surface area contributed by atoms with Crippen LogP contribution in [0.2, 0.25) is 5.02 Å². The zero-order chi connectivity index (χ0) is 19.1. The molecular formula is C19H20ClFN2O3. The van der Waals surface area contributed by atoms with Gasteiger partial charge in [0.05, 0.1) is 13.2 Å². The molecule has 0 radical (unpaired) electrons. The first-order chi connectivity index (χ1) is 12.4. The summed E-state index contributed by atoms with van der Waals surface area (Å²) >= 11 is 5.77. The van der Waals surface area contributed by atoms with Gasteiger partial charge in [0.15, 0.2) is 11.6 Å². The minimum Gasteiger partial charge on any atom is -0.494 e. The van der Waals surface area contributed by atoms with Gasteiger partial charge in [-0.2, -0.15) is 0 Å². The van der Waals surface area contributed by atoms with Crippen LogP contribution in [0.15, 0.2) is 42.5 Å². The molecule has 0 unspecified atom stereocenters. The van der Waals surface area contributed by atoms with E-state index in [1.165, 1.54) is 19.2 Å². The summed E-state index contributed by atoms with van der Waals surface area (Å²) in [6, 6.07) is 10.6. The highest BCUT2D eigenvalue weighted by atomic mass is 35.5. The summed E-state index contributed by atoms with van der Waals surface area (Å²) in [5.74, 6) is -0.858. The Morgan fingerprint density at radius 2 is 1.88 bits per heavy atom. The monoisotopic (exact) mass is 378 g/mol. The van der Waals surface area contributed by atoms with Gasteiger partial charge in [0.2, 0.25) is 5.91 Å². The van der Waals surface area contributed by atoms with Crippen molar-refractivity contribution in [2.24, 2.45) is 0 Å². The zero-order valence-corrected chi connectivity index (χ0v) is 15.3. The van der Waals surface area contributed by atoms with Crippen LogP contribution < -0.4 is 15.4 Å². The fourth-order valence-corrected chi connectivity index (χ4v) is 2.47. The molecule has 2 aromatic rings. The van der Waals surface area contributed by atoms with Crippen LogP contribution >= 0.6 is 11.6 Å². The van der Waals surface area contributed by atoms with Crippen molar-refractivity contribution in [3.63, 3.8) is 0 Å². The van der Waals surface area contributed by atoms with Crippen LogP contribution in [0.4, 0.5) is 4.39 Å². The van der Waals surface area contributed by atoms with Gasteiger partial charge in [0.25, 0.3) is 5.91 Å². The van der Waals surface area contributed by atoms with Gasteiger partial charge >= 0.3 is 0 Å². The molecule has 0 aliphatic rings. The minimum atomic E-state index is -0.485. The third-order valence-electron chi connectivity index (χ3n) is 3.80. The van der Waals surface area contributed by atoms with Gasteiger partial charge in [0, 0.05) is 23.6 Å². The van der Waals surface area contributed by atoms with Crippen molar-refractivity contribution < 1.29 is 18.7 Å².